The zero-order chi connectivity index (χ0) is 17.2. The van der Waals surface area contributed by atoms with E-state index in [1.807, 2.05) is 4.90 Å². The highest BCUT2D eigenvalue weighted by Gasteiger charge is 2.39. The summed E-state index contributed by atoms with van der Waals surface area (Å²) in [5.41, 5.74) is 0. The maximum Gasteiger partial charge on any atom is 0.237 e. The van der Waals surface area contributed by atoms with E-state index in [0.717, 1.165) is 45.3 Å². The number of carbonyl (C=O) groups excluding carboxylic acids is 1. The van der Waals surface area contributed by atoms with Crippen LogP contribution in [0.25, 0.3) is 0 Å². The molecule has 25 heavy (non-hydrogen) atoms. The van der Waals surface area contributed by atoms with E-state index in [4.69, 9.17) is 0 Å². The second-order valence-corrected chi connectivity index (χ2v) is 9.90. The van der Waals surface area contributed by atoms with Gasteiger partial charge in [0.25, 0.3) is 0 Å². The number of hydrogen-bond acceptors (Lipinski definition) is 5. The van der Waals surface area contributed by atoms with E-state index in [9.17, 15) is 13.2 Å². The first-order valence-electron chi connectivity index (χ1n) is 9.42. The van der Waals surface area contributed by atoms with Gasteiger partial charge >= 0.3 is 0 Å². The molecule has 146 valence electrons. The molecular weight excluding hydrogens is 362 g/mol. The minimum atomic E-state index is -2.97. The second-order valence-electron chi connectivity index (χ2n) is 7.67. The Balaban J connectivity index is 0.00000225. The fraction of sp³-hybridized carbons (Fsp3) is 0.941. The minimum absolute atomic E-state index is 0. The van der Waals surface area contributed by atoms with Gasteiger partial charge in [-0.2, -0.15) is 0 Å². The SMILES string of the molecule is C[C@@H]1CNCCN1CC(=O)N(C1CCCCC1)C1CCS(=O)(=O)C1.Cl. The molecule has 1 amide bonds. The molecule has 8 heteroatoms. The number of hydrogen-bond donors (Lipinski definition) is 1. The van der Waals surface area contributed by atoms with Gasteiger partial charge in [0.1, 0.15) is 0 Å². The van der Waals surface area contributed by atoms with Crippen molar-refractivity contribution in [1.29, 1.82) is 0 Å². The van der Waals surface area contributed by atoms with Gasteiger partial charge in [-0.1, -0.05) is 19.3 Å². The largest absolute Gasteiger partial charge is 0.335 e. The molecule has 2 heterocycles. The summed E-state index contributed by atoms with van der Waals surface area (Å²) in [5, 5.41) is 3.35. The molecule has 1 aliphatic carbocycles. The standard InChI is InChI=1S/C17H31N3O3S.ClH/c1-14-11-18-8-9-19(14)12-17(21)20(15-5-3-2-4-6-15)16-7-10-24(22,23)13-16;/h14-16,18H,2-13H2,1H3;1H/t14-,16?;/m1./s1. The minimum Gasteiger partial charge on any atom is -0.335 e. The zero-order valence-corrected chi connectivity index (χ0v) is 16.8. The van der Waals surface area contributed by atoms with Crippen molar-refractivity contribution in [1.82, 2.24) is 15.1 Å². The van der Waals surface area contributed by atoms with E-state index in [0.29, 0.717) is 19.0 Å². The maximum atomic E-state index is 13.1. The lowest BCUT2D eigenvalue weighted by atomic mass is 9.92. The van der Waals surface area contributed by atoms with Gasteiger partial charge in [0.05, 0.1) is 18.1 Å². The third-order valence-electron chi connectivity index (χ3n) is 5.84. The van der Waals surface area contributed by atoms with Crippen LogP contribution in [0.5, 0.6) is 0 Å². The first-order valence-corrected chi connectivity index (χ1v) is 11.2. The van der Waals surface area contributed by atoms with E-state index in [-0.39, 0.29) is 41.9 Å². The highest BCUT2D eigenvalue weighted by Crippen LogP contribution is 2.28. The van der Waals surface area contributed by atoms with E-state index in [1.54, 1.807) is 0 Å². The number of rotatable bonds is 4. The molecule has 2 atom stereocenters. The smallest absolute Gasteiger partial charge is 0.237 e. The average Bonchev–Trinajstić information content (AvgIpc) is 2.90. The van der Waals surface area contributed by atoms with Crippen molar-refractivity contribution in [3.05, 3.63) is 0 Å². The lowest BCUT2D eigenvalue weighted by molar-refractivity contribution is -0.138. The van der Waals surface area contributed by atoms with Gasteiger partial charge in [-0.25, -0.2) is 8.42 Å². The molecule has 6 nitrogen and oxygen atoms in total. The third-order valence-corrected chi connectivity index (χ3v) is 7.59. The molecule has 0 radical (unpaired) electrons. The zero-order valence-electron chi connectivity index (χ0n) is 15.2. The summed E-state index contributed by atoms with van der Waals surface area (Å²) in [6.45, 7) is 5.28. The summed E-state index contributed by atoms with van der Waals surface area (Å²) in [5.74, 6) is 0.530. The maximum absolute atomic E-state index is 13.1. The van der Waals surface area contributed by atoms with Crippen LogP contribution in [0, 0.1) is 0 Å². The highest BCUT2D eigenvalue weighted by molar-refractivity contribution is 7.91. The Labute approximate surface area is 158 Å². The fourth-order valence-corrected chi connectivity index (χ4v) is 6.14. The first-order chi connectivity index (χ1) is 11.5. The molecule has 0 bridgehead atoms. The molecule has 3 rings (SSSR count). The van der Waals surface area contributed by atoms with Crippen LogP contribution in [0.4, 0.5) is 0 Å². The number of amides is 1. The Morgan fingerprint density at radius 1 is 1.16 bits per heavy atom. The van der Waals surface area contributed by atoms with Gasteiger partial charge in [-0.05, 0) is 26.2 Å². The molecule has 2 aliphatic heterocycles. The molecule has 0 spiro atoms. The predicted molar refractivity (Wildman–Crippen MR) is 102 cm³/mol. The molecule has 3 aliphatic rings. The topological polar surface area (TPSA) is 69.7 Å². The normalized spacial score (nSPS) is 30.6. The molecule has 0 aromatic carbocycles. The van der Waals surface area contributed by atoms with Crippen molar-refractivity contribution in [3.63, 3.8) is 0 Å². The molecule has 3 fully saturated rings. The van der Waals surface area contributed by atoms with Crippen molar-refractivity contribution in [2.45, 2.75) is 63.6 Å². The number of sulfone groups is 1. The van der Waals surface area contributed by atoms with Gasteiger partial charge in [0.2, 0.25) is 5.91 Å². The second kappa shape index (κ2) is 9.02. The molecule has 0 aromatic heterocycles. The highest BCUT2D eigenvalue weighted by atomic mass is 35.5. The van der Waals surface area contributed by atoms with Gasteiger partial charge in [-0.3, -0.25) is 9.69 Å². The summed E-state index contributed by atoms with van der Waals surface area (Å²) in [6, 6.07) is 0.481. The third kappa shape index (κ3) is 5.31. The lowest BCUT2D eigenvalue weighted by Gasteiger charge is -2.41. The van der Waals surface area contributed by atoms with Gasteiger partial charge in [0.15, 0.2) is 9.84 Å². The Kier molecular flexibility index (Phi) is 7.55. The van der Waals surface area contributed by atoms with E-state index < -0.39 is 9.84 Å². The summed E-state index contributed by atoms with van der Waals surface area (Å²) in [7, 11) is -2.97. The number of nitrogens with one attached hydrogen (secondary N) is 1. The molecule has 2 saturated heterocycles. The Morgan fingerprint density at radius 2 is 1.88 bits per heavy atom. The summed E-state index contributed by atoms with van der Waals surface area (Å²) < 4.78 is 23.9. The summed E-state index contributed by atoms with van der Waals surface area (Å²) >= 11 is 0. The van der Waals surface area contributed by atoms with E-state index >= 15 is 0 Å². The number of halogens is 1. The van der Waals surface area contributed by atoms with Crippen LogP contribution >= 0.6 is 12.4 Å². The van der Waals surface area contributed by atoms with Crippen molar-refractivity contribution < 1.29 is 13.2 Å². The van der Waals surface area contributed by atoms with Crippen LogP contribution in [0.15, 0.2) is 0 Å². The molecule has 1 saturated carbocycles. The monoisotopic (exact) mass is 393 g/mol. The van der Waals surface area contributed by atoms with Gasteiger partial charge < -0.3 is 10.2 Å². The van der Waals surface area contributed by atoms with Crippen molar-refractivity contribution in [2.75, 3.05) is 37.7 Å². The van der Waals surface area contributed by atoms with Crippen LogP contribution in [-0.2, 0) is 14.6 Å². The quantitative estimate of drug-likeness (QED) is 0.773. The fourth-order valence-electron chi connectivity index (χ4n) is 4.43. The summed E-state index contributed by atoms with van der Waals surface area (Å²) in [4.78, 5) is 17.3. The molecule has 1 N–H and O–H groups in total. The summed E-state index contributed by atoms with van der Waals surface area (Å²) in [6.07, 6.45) is 6.20. The molecule has 1 unspecified atom stereocenters. The lowest BCUT2D eigenvalue weighted by Crippen LogP contribution is -2.56. The van der Waals surface area contributed by atoms with Crippen LogP contribution in [0.3, 0.4) is 0 Å². The van der Waals surface area contributed by atoms with Crippen LogP contribution < -0.4 is 5.32 Å². The number of piperazine rings is 1. The Hall–Kier alpha value is -0.370. The predicted octanol–water partition coefficient (Wildman–Crippen LogP) is 1.05. The Bertz CT molecular complexity index is 551. The first kappa shape index (κ1) is 20.9. The molecular formula is C17H32ClN3O3S. The van der Waals surface area contributed by atoms with Gasteiger partial charge in [-0.15, -0.1) is 12.4 Å². The van der Waals surface area contributed by atoms with Crippen LogP contribution in [0.1, 0.15) is 45.4 Å². The Morgan fingerprint density at radius 3 is 2.48 bits per heavy atom. The van der Waals surface area contributed by atoms with Crippen LogP contribution in [0.2, 0.25) is 0 Å². The average molecular weight is 394 g/mol. The van der Waals surface area contributed by atoms with Crippen molar-refractivity contribution >= 4 is 28.2 Å². The van der Waals surface area contributed by atoms with E-state index in [2.05, 4.69) is 17.1 Å². The van der Waals surface area contributed by atoms with E-state index in [1.165, 1.54) is 6.42 Å². The van der Waals surface area contributed by atoms with Crippen LogP contribution in [-0.4, -0.2) is 79.9 Å². The van der Waals surface area contributed by atoms with Crippen molar-refractivity contribution in [3.8, 4) is 0 Å². The number of carbonyl (C=O) groups is 1. The molecule has 0 aromatic rings. The van der Waals surface area contributed by atoms with Crippen molar-refractivity contribution in [2.24, 2.45) is 0 Å². The number of nitrogens with zero attached hydrogens (tertiary/aromatic N) is 2. The van der Waals surface area contributed by atoms with Gasteiger partial charge in [0, 0.05) is 37.8 Å².